The van der Waals surface area contributed by atoms with Crippen LogP contribution in [0, 0.1) is 34.4 Å². The van der Waals surface area contributed by atoms with Crippen LogP contribution in [0.2, 0.25) is 0 Å². The molecule has 1 amide bonds. The number of halogens is 1. The molecule has 1 saturated heterocycles. The monoisotopic (exact) mass is 495 g/mol. The minimum absolute atomic E-state index is 0.0768. The van der Waals surface area contributed by atoms with E-state index in [4.69, 9.17) is 10.00 Å². The van der Waals surface area contributed by atoms with Crippen molar-refractivity contribution in [3.8, 4) is 18.0 Å². The molecule has 7 nitrogen and oxygen atoms in total. The average Bonchev–Trinajstić information content (AvgIpc) is 3.65. The van der Waals surface area contributed by atoms with E-state index in [-0.39, 0.29) is 23.2 Å². The van der Waals surface area contributed by atoms with Crippen LogP contribution >= 0.6 is 0 Å². The largest absolute Gasteiger partial charge is 0.477 e. The lowest BCUT2D eigenvalue weighted by Gasteiger charge is -2.29. The van der Waals surface area contributed by atoms with Gasteiger partial charge in [-0.3, -0.25) is 9.69 Å². The topological polar surface area (TPSA) is 102 Å². The predicted molar refractivity (Wildman–Crippen MR) is 134 cm³/mol. The second-order valence-electron chi connectivity index (χ2n) is 9.58. The highest BCUT2D eigenvalue weighted by Crippen LogP contribution is 2.33. The summed E-state index contributed by atoms with van der Waals surface area (Å²) in [6, 6.07) is 19.0. The number of carbonyl (C=O) groups is 1. The van der Waals surface area contributed by atoms with E-state index in [1.165, 1.54) is 25.0 Å². The van der Waals surface area contributed by atoms with E-state index < -0.39 is 11.7 Å². The molecule has 2 aromatic carbocycles. The normalized spacial score (nSPS) is 18.0. The molecule has 186 valence electrons. The van der Waals surface area contributed by atoms with E-state index in [1.54, 1.807) is 12.1 Å². The molecule has 5 rings (SSSR count). The maximum atomic E-state index is 14.3. The first-order valence-corrected chi connectivity index (χ1v) is 12.4. The van der Waals surface area contributed by atoms with Crippen molar-refractivity contribution in [1.29, 1.82) is 10.5 Å². The first kappa shape index (κ1) is 24.4. The van der Waals surface area contributed by atoms with E-state index >= 15 is 0 Å². The molecule has 1 N–H and O–H groups in total. The van der Waals surface area contributed by atoms with Crippen LogP contribution in [0.5, 0.6) is 5.88 Å². The zero-order valence-corrected chi connectivity index (χ0v) is 20.2. The number of hydrogen-bond donors (Lipinski definition) is 1. The van der Waals surface area contributed by atoms with Gasteiger partial charge in [0.05, 0.1) is 41.5 Å². The van der Waals surface area contributed by atoms with Crippen LogP contribution in [0.4, 0.5) is 4.39 Å². The van der Waals surface area contributed by atoms with Gasteiger partial charge in [0, 0.05) is 31.4 Å². The molecule has 3 aromatic rings. The Morgan fingerprint density at radius 3 is 2.43 bits per heavy atom. The van der Waals surface area contributed by atoms with Gasteiger partial charge in [-0.2, -0.15) is 10.5 Å². The van der Waals surface area contributed by atoms with Gasteiger partial charge in [-0.1, -0.05) is 18.2 Å². The number of aromatic nitrogens is 1. The Morgan fingerprint density at radius 1 is 1.05 bits per heavy atom. The summed E-state index contributed by atoms with van der Waals surface area (Å²) < 4.78 is 20.1. The number of nitrogens with one attached hydrogen (secondary N) is 1. The summed E-state index contributed by atoms with van der Waals surface area (Å²) in [5, 5.41) is 21.1. The highest BCUT2D eigenvalue weighted by atomic mass is 19.1. The van der Waals surface area contributed by atoms with E-state index in [0.29, 0.717) is 43.5 Å². The van der Waals surface area contributed by atoms with Gasteiger partial charge in [0.15, 0.2) is 0 Å². The number of amides is 1. The lowest BCUT2D eigenvalue weighted by atomic mass is 9.97. The Bertz CT molecular complexity index is 1360. The number of carbonyl (C=O) groups excluding carboxylic acids is 1. The number of benzene rings is 2. The zero-order valence-electron chi connectivity index (χ0n) is 20.2. The fourth-order valence-corrected chi connectivity index (χ4v) is 4.65. The third-order valence-electron chi connectivity index (χ3n) is 6.86. The lowest BCUT2D eigenvalue weighted by molar-refractivity contribution is 0.0933. The molecule has 1 aliphatic carbocycles. The van der Waals surface area contributed by atoms with Crippen LogP contribution < -0.4 is 10.1 Å². The summed E-state index contributed by atoms with van der Waals surface area (Å²) in [6.45, 7) is 1.97. The van der Waals surface area contributed by atoms with Crippen molar-refractivity contribution < 1.29 is 13.9 Å². The van der Waals surface area contributed by atoms with Gasteiger partial charge in [0.1, 0.15) is 5.82 Å². The Labute approximate surface area is 215 Å². The Hall–Kier alpha value is -4.27. The highest BCUT2D eigenvalue weighted by molar-refractivity contribution is 5.94. The van der Waals surface area contributed by atoms with Crippen LogP contribution in [0.15, 0.2) is 60.8 Å². The molecule has 1 aromatic heterocycles. The van der Waals surface area contributed by atoms with Crippen molar-refractivity contribution in [1.82, 2.24) is 15.2 Å². The Morgan fingerprint density at radius 2 is 1.78 bits per heavy atom. The molecule has 8 heteroatoms. The minimum atomic E-state index is -0.711. The summed E-state index contributed by atoms with van der Waals surface area (Å²) >= 11 is 0. The first-order chi connectivity index (χ1) is 18.0. The van der Waals surface area contributed by atoms with Gasteiger partial charge in [-0.05, 0) is 66.6 Å². The third-order valence-corrected chi connectivity index (χ3v) is 6.86. The van der Waals surface area contributed by atoms with Crippen LogP contribution in [-0.2, 0) is 0 Å². The lowest BCUT2D eigenvalue weighted by Crippen LogP contribution is -2.38. The smallest absolute Gasteiger partial charge is 0.254 e. The molecular weight excluding hydrogens is 469 g/mol. The SMILES string of the molecule is N#Cc1ccc([C@H](c2ccc(OCC3CC3)nc2)N2CCC(NC(=O)c3ccc(C#N)cc3F)C2)cc1. The van der Waals surface area contributed by atoms with E-state index in [2.05, 4.69) is 21.3 Å². The van der Waals surface area contributed by atoms with Crippen molar-refractivity contribution in [3.05, 3.63) is 94.4 Å². The molecule has 0 spiro atoms. The molecular formula is C29H26FN5O2. The van der Waals surface area contributed by atoms with Gasteiger partial charge in [0.2, 0.25) is 5.88 Å². The maximum Gasteiger partial charge on any atom is 0.254 e. The number of likely N-dealkylation sites (tertiary alicyclic amines) is 1. The van der Waals surface area contributed by atoms with Crippen molar-refractivity contribution in [3.63, 3.8) is 0 Å². The second kappa shape index (κ2) is 10.8. The fraction of sp³-hybridized carbons (Fsp3) is 0.310. The molecule has 1 aliphatic heterocycles. The van der Waals surface area contributed by atoms with E-state index in [0.717, 1.165) is 17.2 Å². The number of rotatable bonds is 8. The molecule has 37 heavy (non-hydrogen) atoms. The third kappa shape index (κ3) is 5.77. The molecule has 1 saturated carbocycles. The summed E-state index contributed by atoms with van der Waals surface area (Å²) in [7, 11) is 0. The fourth-order valence-electron chi connectivity index (χ4n) is 4.65. The predicted octanol–water partition coefficient (Wildman–Crippen LogP) is 4.35. The number of nitrogens with zero attached hydrogens (tertiary/aromatic N) is 4. The van der Waals surface area contributed by atoms with E-state index in [9.17, 15) is 14.4 Å². The number of hydrogen-bond acceptors (Lipinski definition) is 6. The minimum Gasteiger partial charge on any atom is -0.477 e. The van der Waals surface area contributed by atoms with Crippen LogP contribution in [0.25, 0.3) is 0 Å². The summed E-state index contributed by atoms with van der Waals surface area (Å²) in [5.41, 5.74) is 2.67. The molecule has 2 atom stereocenters. The maximum absolute atomic E-state index is 14.3. The van der Waals surface area contributed by atoms with Crippen molar-refractivity contribution >= 4 is 5.91 Å². The summed E-state index contributed by atoms with van der Waals surface area (Å²) in [5.74, 6) is 0.0344. The van der Waals surface area contributed by atoms with Gasteiger partial charge in [-0.25, -0.2) is 9.37 Å². The molecule has 1 unspecified atom stereocenters. The van der Waals surface area contributed by atoms with Crippen molar-refractivity contribution in [2.75, 3.05) is 19.7 Å². The Balaban J connectivity index is 1.32. The van der Waals surface area contributed by atoms with Gasteiger partial charge in [0.25, 0.3) is 5.91 Å². The molecule has 2 aliphatic rings. The van der Waals surface area contributed by atoms with Gasteiger partial charge in [-0.15, -0.1) is 0 Å². The number of nitriles is 2. The second-order valence-corrected chi connectivity index (χ2v) is 9.58. The molecule has 0 bridgehead atoms. The zero-order chi connectivity index (χ0) is 25.8. The first-order valence-electron chi connectivity index (χ1n) is 12.4. The number of pyridine rings is 1. The van der Waals surface area contributed by atoms with Gasteiger partial charge >= 0.3 is 0 Å². The van der Waals surface area contributed by atoms with Gasteiger partial charge < -0.3 is 10.1 Å². The highest BCUT2D eigenvalue weighted by Gasteiger charge is 2.32. The van der Waals surface area contributed by atoms with Crippen molar-refractivity contribution in [2.24, 2.45) is 5.92 Å². The molecule has 2 heterocycles. The molecule has 0 radical (unpaired) electrons. The summed E-state index contributed by atoms with van der Waals surface area (Å²) in [6.07, 6.45) is 4.95. The number of ether oxygens (including phenoxy) is 1. The molecule has 2 fully saturated rings. The average molecular weight is 496 g/mol. The van der Waals surface area contributed by atoms with Crippen LogP contribution in [0.3, 0.4) is 0 Å². The van der Waals surface area contributed by atoms with Crippen molar-refractivity contribution in [2.45, 2.75) is 31.3 Å². The summed E-state index contributed by atoms with van der Waals surface area (Å²) in [4.78, 5) is 19.5. The standard InChI is InChI=1S/C29H26FN5O2/c30-26-13-21(15-32)5-9-25(26)29(36)34-24-11-12-35(17-24)28(22-6-3-19(14-31)4-7-22)23-8-10-27(33-16-23)37-18-20-1-2-20/h3-10,13,16,20,24,28H,1-2,11-12,17-18H2,(H,34,36)/t24?,28-/m1/s1. The Kier molecular flexibility index (Phi) is 7.11. The quantitative estimate of drug-likeness (QED) is 0.499. The van der Waals surface area contributed by atoms with E-state index in [1.807, 2.05) is 36.5 Å². The van der Waals surface area contributed by atoms with Crippen LogP contribution in [0.1, 0.15) is 57.9 Å². The van der Waals surface area contributed by atoms with Crippen LogP contribution in [-0.4, -0.2) is 41.5 Å².